The normalized spacial score (nSPS) is 16.5. The lowest BCUT2D eigenvalue weighted by Crippen LogP contribution is -2.30. The Morgan fingerprint density at radius 3 is 2.57 bits per heavy atom. The minimum Gasteiger partial charge on any atom is -0.352 e. The standard InChI is InChI=1S/C16H22Cl2N2O/c17-13-6-7-15(18)14(12-13)16(21)19-8-5-11-20-9-3-1-2-4-10-20/h6-7,12H,1-5,8-11H2,(H,19,21). The highest BCUT2D eigenvalue weighted by Crippen LogP contribution is 2.20. The summed E-state index contributed by atoms with van der Waals surface area (Å²) in [6.07, 6.45) is 6.25. The molecule has 1 aliphatic rings. The predicted molar refractivity (Wildman–Crippen MR) is 88.3 cm³/mol. The monoisotopic (exact) mass is 328 g/mol. The minimum absolute atomic E-state index is 0.154. The summed E-state index contributed by atoms with van der Waals surface area (Å²) in [5, 5.41) is 3.87. The van der Waals surface area contributed by atoms with Crippen molar-refractivity contribution in [1.29, 1.82) is 0 Å². The molecule has 1 heterocycles. The molecule has 1 aromatic rings. The number of amides is 1. The first kappa shape index (κ1) is 16.6. The van der Waals surface area contributed by atoms with Crippen LogP contribution in [0.15, 0.2) is 18.2 Å². The van der Waals surface area contributed by atoms with E-state index in [2.05, 4.69) is 10.2 Å². The molecule has 0 saturated carbocycles. The molecule has 5 heteroatoms. The molecule has 116 valence electrons. The van der Waals surface area contributed by atoms with Gasteiger partial charge in [0.15, 0.2) is 0 Å². The number of nitrogens with zero attached hydrogens (tertiary/aromatic N) is 1. The van der Waals surface area contributed by atoms with Crippen molar-refractivity contribution in [2.24, 2.45) is 0 Å². The predicted octanol–water partition coefficient (Wildman–Crippen LogP) is 3.99. The lowest BCUT2D eigenvalue weighted by molar-refractivity contribution is 0.0952. The van der Waals surface area contributed by atoms with E-state index in [1.54, 1.807) is 18.2 Å². The smallest absolute Gasteiger partial charge is 0.252 e. The van der Waals surface area contributed by atoms with Crippen molar-refractivity contribution in [1.82, 2.24) is 10.2 Å². The summed E-state index contributed by atoms with van der Waals surface area (Å²) in [7, 11) is 0. The molecular weight excluding hydrogens is 307 g/mol. The Morgan fingerprint density at radius 2 is 1.86 bits per heavy atom. The van der Waals surface area contributed by atoms with Crippen LogP contribution in [0.25, 0.3) is 0 Å². The largest absolute Gasteiger partial charge is 0.352 e. The van der Waals surface area contributed by atoms with Crippen molar-refractivity contribution in [2.45, 2.75) is 32.1 Å². The van der Waals surface area contributed by atoms with E-state index in [1.807, 2.05) is 0 Å². The van der Waals surface area contributed by atoms with Gasteiger partial charge in [0.1, 0.15) is 0 Å². The van der Waals surface area contributed by atoms with Gasteiger partial charge in [0.05, 0.1) is 10.6 Å². The minimum atomic E-state index is -0.154. The van der Waals surface area contributed by atoms with Gasteiger partial charge in [0.25, 0.3) is 5.91 Å². The van der Waals surface area contributed by atoms with E-state index in [1.165, 1.54) is 38.8 Å². The zero-order valence-electron chi connectivity index (χ0n) is 12.2. The van der Waals surface area contributed by atoms with Crippen molar-refractivity contribution in [3.8, 4) is 0 Å². The number of carbonyl (C=O) groups is 1. The molecule has 1 amide bonds. The Balaban J connectivity index is 1.72. The number of halogens is 2. The first-order chi connectivity index (χ1) is 10.2. The highest BCUT2D eigenvalue weighted by Gasteiger charge is 2.11. The topological polar surface area (TPSA) is 32.3 Å². The van der Waals surface area contributed by atoms with Gasteiger partial charge >= 0.3 is 0 Å². The van der Waals surface area contributed by atoms with E-state index < -0.39 is 0 Å². The van der Waals surface area contributed by atoms with Crippen molar-refractivity contribution < 1.29 is 4.79 Å². The first-order valence-corrected chi connectivity index (χ1v) is 8.38. The van der Waals surface area contributed by atoms with Gasteiger partial charge in [-0.05, 0) is 57.1 Å². The van der Waals surface area contributed by atoms with Gasteiger partial charge < -0.3 is 10.2 Å². The molecule has 1 fully saturated rings. The van der Waals surface area contributed by atoms with Crippen molar-refractivity contribution in [2.75, 3.05) is 26.2 Å². The van der Waals surface area contributed by atoms with Gasteiger partial charge in [0, 0.05) is 11.6 Å². The van der Waals surface area contributed by atoms with Gasteiger partial charge in [0.2, 0.25) is 0 Å². The Bertz CT molecular complexity index is 471. The van der Waals surface area contributed by atoms with Crippen LogP contribution < -0.4 is 5.32 Å². The number of rotatable bonds is 5. The van der Waals surface area contributed by atoms with Gasteiger partial charge in [-0.15, -0.1) is 0 Å². The maximum absolute atomic E-state index is 12.1. The Labute approximate surface area is 136 Å². The summed E-state index contributed by atoms with van der Waals surface area (Å²) >= 11 is 11.9. The van der Waals surface area contributed by atoms with Gasteiger partial charge in [-0.1, -0.05) is 36.0 Å². The van der Waals surface area contributed by atoms with Crippen LogP contribution in [-0.4, -0.2) is 37.0 Å². The summed E-state index contributed by atoms with van der Waals surface area (Å²) in [6, 6.07) is 4.93. The SMILES string of the molecule is O=C(NCCCN1CCCCCC1)c1cc(Cl)ccc1Cl. The second-order valence-corrected chi connectivity index (χ2v) is 6.33. The summed E-state index contributed by atoms with van der Waals surface area (Å²) < 4.78 is 0. The lowest BCUT2D eigenvalue weighted by atomic mass is 10.2. The summed E-state index contributed by atoms with van der Waals surface area (Å²) in [5.41, 5.74) is 0.443. The molecule has 2 rings (SSSR count). The number of benzene rings is 1. The van der Waals surface area contributed by atoms with Crippen LogP contribution >= 0.6 is 23.2 Å². The molecule has 1 saturated heterocycles. The quantitative estimate of drug-likeness (QED) is 0.829. The molecule has 0 aliphatic carbocycles. The van der Waals surface area contributed by atoms with Crippen molar-refractivity contribution in [3.05, 3.63) is 33.8 Å². The molecular formula is C16H22Cl2N2O. The molecule has 0 bridgehead atoms. The Hall–Kier alpha value is -0.770. The second-order valence-electron chi connectivity index (χ2n) is 5.49. The number of likely N-dealkylation sites (tertiary alicyclic amines) is 1. The first-order valence-electron chi connectivity index (χ1n) is 7.62. The van der Waals surface area contributed by atoms with Crippen LogP contribution in [0.4, 0.5) is 0 Å². The van der Waals surface area contributed by atoms with E-state index in [0.717, 1.165) is 13.0 Å². The van der Waals surface area contributed by atoms with Gasteiger partial charge in [-0.2, -0.15) is 0 Å². The summed E-state index contributed by atoms with van der Waals surface area (Å²) in [6.45, 7) is 4.09. The van der Waals surface area contributed by atoms with Crippen LogP contribution in [0.3, 0.4) is 0 Å². The number of hydrogen-bond donors (Lipinski definition) is 1. The molecule has 3 nitrogen and oxygen atoms in total. The summed E-state index contributed by atoms with van der Waals surface area (Å²) in [4.78, 5) is 14.5. The molecule has 1 aliphatic heterocycles. The molecule has 0 radical (unpaired) electrons. The zero-order valence-corrected chi connectivity index (χ0v) is 13.7. The van der Waals surface area contributed by atoms with Crippen LogP contribution in [-0.2, 0) is 0 Å². The van der Waals surface area contributed by atoms with E-state index in [0.29, 0.717) is 22.2 Å². The maximum atomic E-state index is 12.1. The molecule has 0 unspecified atom stereocenters. The van der Waals surface area contributed by atoms with Gasteiger partial charge in [-0.25, -0.2) is 0 Å². The highest BCUT2D eigenvalue weighted by molar-refractivity contribution is 6.35. The van der Waals surface area contributed by atoms with Crippen LogP contribution in [0.1, 0.15) is 42.5 Å². The van der Waals surface area contributed by atoms with Gasteiger partial charge in [-0.3, -0.25) is 4.79 Å². The van der Waals surface area contributed by atoms with Crippen LogP contribution in [0, 0.1) is 0 Å². The van der Waals surface area contributed by atoms with E-state index in [4.69, 9.17) is 23.2 Å². The average molecular weight is 329 g/mol. The molecule has 1 N–H and O–H groups in total. The number of hydrogen-bond acceptors (Lipinski definition) is 2. The number of carbonyl (C=O) groups excluding carboxylic acids is 1. The average Bonchev–Trinajstić information content (AvgIpc) is 2.74. The maximum Gasteiger partial charge on any atom is 0.252 e. The third kappa shape index (κ3) is 5.50. The fourth-order valence-corrected chi connectivity index (χ4v) is 3.01. The van der Waals surface area contributed by atoms with Crippen LogP contribution in [0.5, 0.6) is 0 Å². The van der Waals surface area contributed by atoms with Crippen molar-refractivity contribution >= 4 is 29.1 Å². The summed E-state index contributed by atoms with van der Waals surface area (Å²) in [5.74, 6) is -0.154. The van der Waals surface area contributed by atoms with E-state index in [9.17, 15) is 4.79 Å². The van der Waals surface area contributed by atoms with Crippen molar-refractivity contribution in [3.63, 3.8) is 0 Å². The molecule has 1 aromatic carbocycles. The molecule has 0 atom stereocenters. The van der Waals surface area contributed by atoms with E-state index in [-0.39, 0.29) is 5.91 Å². The third-order valence-corrected chi connectivity index (χ3v) is 4.37. The third-order valence-electron chi connectivity index (χ3n) is 3.81. The second kappa shape index (κ2) is 8.62. The zero-order chi connectivity index (χ0) is 15.1. The van der Waals surface area contributed by atoms with E-state index >= 15 is 0 Å². The molecule has 0 spiro atoms. The molecule has 21 heavy (non-hydrogen) atoms. The Kier molecular flexibility index (Phi) is 6.81. The van der Waals surface area contributed by atoms with Crippen LogP contribution in [0.2, 0.25) is 10.0 Å². The number of nitrogens with one attached hydrogen (secondary N) is 1. The highest BCUT2D eigenvalue weighted by atomic mass is 35.5. The fraction of sp³-hybridized carbons (Fsp3) is 0.562. The lowest BCUT2D eigenvalue weighted by Gasteiger charge is -2.19. The Morgan fingerprint density at radius 1 is 1.14 bits per heavy atom. The fourth-order valence-electron chi connectivity index (χ4n) is 2.63. The molecule has 0 aromatic heterocycles.